The van der Waals surface area contributed by atoms with Crippen LogP contribution in [0, 0.1) is 0 Å². The average molecular weight is 763 g/mol. The van der Waals surface area contributed by atoms with E-state index in [2.05, 4.69) is 181 Å². The second-order valence-electron chi connectivity index (χ2n) is 14.6. The number of hydrogen-bond donors (Lipinski definition) is 0. The molecule has 3 nitrogen and oxygen atoms in total. The molecule has 10 rings (SSSR count). The van der Waals surface area contributed by atoms with Gasteiger partial charge in [-0.15, -0.1) is 0 Å². The molecule has 0 amide bonds. The van der Waals surface area contributed by atoms with Crippen molar-refractivity contribution in [2.45, 2.75) is 5.41 Å². The smallest absolute Gasteiger partial charge is 0.171 e. The van der Waals surface area contributed by atoms with Crippen LogP contribution in [0.25, 0.3) is 22.4 Å². The van der Waals surface area contributed by atoms with Gasteiger partial charge in [-0.2, -0.15) is 0 Å². The van der Waals surface area contributed by atoms with E-state index in [1.54, 1.807) is 0 Å². The Balaban J connectivity index is 1.30. The molecule has 1 aliphatic rings. The number of anilines is 3. The molecule has 0 unspecified atom stereocenters. The first-order valence-electron chi connectivity index (χ1n) is 19.7. The minimum atomic E-state index is -3.35. The molecule has 1 aromatic heterocycles. The molecule has 8 aromatic carbocycles. The number of fused-ring (bicyclic) bond motifs is 2. The predicted octanol–water partition coefficient (Wildman–Crippen LogP) is 12.2. The van der Waals surface area contributed by atoms with E-state index in [1.165, 1.54) is 0 Å². The van der Waals surface area contributed by atoms with E-state index < -0.39 is 12.6 Å². The normalized spacial score (nSPS) is 16.8. The Morgan fingerprint density at radius 3 is 1.36 bits per heavy atom. The van der Waals surface area contributed by atoms with E-state index >= 15 is 4.57 Å². The third kappa shape index (κ3) is 5.83. The van der Waals surface area contributed by atoms with Crippen molar-refractivity contribution in [2.24, 2.45) is 0 Å². The first-order valence-corrected chi connectivity index (χ1v) is 21.4. The van der Waals surface area contributed by atoms with Crippen LogP contribution in [0.1, 0.15) is 22.4 Å². The van der Waals surface area contributed by atoms with Crippen molar-refractivity contribution >= 4 is 40.1 Å². The van der Waals surface area contributed by atoms with Crippen LogP contribution in [0.2, 0.25) is 0 Å². The Kier molecular flexibility index (Phi) is 9.01. The third-order valence-electron chi connectivity index (χ3n) is 11.4. The van der Waals surface area contributed by atoms with Crippen LogP contribution in [0.5, 0.6) is 0 Å². The number of para-hydroxylation sites is 2. The number of aromatic nitrogens is 1. The van der Waals surface area contributed by atoms with Crippen molar-refractivity contribution in [3.8, 4) is 22.4 Å². The van der Waals surface area contributed by atoms with Gasteiger partial charge >= 0.3 is 0 Å². The molecule has 58 heavy (non-hydrogen) atoms. The second-order valence-corrected chi connectivity index (χ2v) is 17.3. The van der Waals surface area contributed by atoms with Crippen molar-refractivity contribution in [3.05, 3.63) is 259 Å². The maximum atomic E-state index is 16.2. The van der Waals surface area contributed by atoms with E-state index in [0.717, 1.165) is 77.7 Å². The fourth-order valence-corrected chi connectivity index (χ4v) is 12.0. The number of hydrogen-bond acceptors (Lipinski definition) is 3. The Morgan fingerprint density at radius 2 is 0.828 bits per heavy atom. The van der Waals surface area contributed by atoms with Crippen molar-refractivity contribution in [2.75, 3.05) is 4.90 Å². The van der Waals surface area contributed by atoms with Crippen LogP contribution >= 0.6 is 7.14 Å². The molecule has 0 saturated heterocycles. The summed E-state index contributed by atoms with van der Waals surface area (Å²) < 4.78 is 16.2. The van der Waals surface area contributed by atoms with E-state index in [0.29, 0.717) is 0 Å². The Bertz CT molecular complexity index is 2750. The summed E-state index contributed by atoms with van der Waals surface area (Å²) >= 11 is 0. The molecular formula is C54H39N2OP. The quantitative estimate of drug-likeness (QED) is 0.145. The summed E-state index contributed by atoms with van der Waals surface area (Å²) in [6, 6.07) is 82.0. The molecule has 276 valence electrons. The van der Waals surface area contributed by atoms with E-state index in [1.807, 2.05) is 60.7 Å². The molecule has 0 aliphatic carbocycles. The van der Waals surface area contributed by atoms with Gasteiger partial charge in [-0.05, 0) is 76.3 Å². The molecule has 4 heteroatoms. The highest BCUT2D eigenvalue weighted by Gasteiger charge is 2.52. The van der Waals surface area contributed by atoms with Gasteiger partial charge in [-0.25, -0.2) is 0 Å². The summed E-state index contributed by atoms with van der Waals surface area (Å²) in [6.07, 6.45) is 0. The first kappa shape index (κ1) is 35.4. The van der Waals surface area contributed by atoms with Gasteiger partial charge in [0, 0.05) is 38.5 Å². The van der Waals surface area contributed by atoms with Crippen LogP contribution in [0.4, 0.5) is 17.1 Å². The Morgan fingerprint density at radius 1 is 0.397 bits per heavy atom. The number of nitrogens with zero attached hydrogens (tertiary/aromatic N) is 2. The molecule has 0 saturated carbocycles. The lowest BCUT2D eigenvalue weighted by Gasteiger charge is -2.44. The van der Waals surface area contributed by atoms with Gasteiger partial charge in [0.15, 0.2) is 7.14 Å². The molecular weight excluding hydrogens is 724 g/mol. The standard InChI is InChI=1S/C54H39N2OP/c57-58(47-28-14-5-15-29-47)51-32-18-16-30-48(51)54(49-31-17-19-33-52(49)58,53-39-42(40-20-6-1-7-21-40)38-50(55-53)41-22-8-2-9-23-41)43-34-36-46(37-35-43)56(44-24-10-3-11-25-44)45-26-12-4-13-27-45/h1-39H. The van der Waals surface area contributed by atoms with E-state index in [4.69, 9.17) is 4.98 Å². The highest BCUT2D eigenvalue weighted by atomic mass is 31.2. The lowest BCUT2D eigenvalue weighted by atomic mass is 9.66. The maximum absolute atomic E-state index is 16.2. The second kappa shape index (κ2) is 14.8. The number of benzene rings is 8. The van der Waals surface area contributed by atoms with Gasteiger partial charge in [0.25, 0.3) is 0 Å². The van der Waals surface area contributed by atoms with Crippen molar-refractivity contribution in [1.29, 1.82) is 0 Å². The van der Waals surface area contributed by atoms with Crippen LogP contribution in [-0.4, -0.2) is 4.98 Å². The lowest BCUT2D eigenvalue weighted by Crippen LogP contribution is -2.47. The van der Waals surface area contributed by atoms with Gasteiger partial charge in [-0.1, -0.05) is 188 Å². The van der Waals surface area contributed by atoms with Gasteiger partial charge in [0.1, 0.15) is 0 Å². The van der Waals surface area contributed by atoms with Crippen LogP contribution < -0.4 is 20.8 Å². The topological polar surface area (TPSA) is 33.2 Å². The molecule has 0 N–H and O–H groups in total. The van der Waals surface area contributed by atoms with Gasteiger partial charge < -0.3 is 9.46 Å². The van der Waals surface area contributed by atoms with E-state index in [-0.39, 0.29) is 0 Å². The molecule has 0 atom stereocenters. The van der Waals surface area contributed by atoms with Crippen LogP contribution in [0.3, 0.4) is 0 Å². The first-order chi connectivity index (χ1) is 28.7. The van der Waals surface area contributed by atoms with E-state index in [9.17, 15) is 0 Å². The molecule has 0 spiro atoms. The number of pyridine rings is 1. The zero-order valence-corrected chi connectivity index (χ0v) is 32.7. The minimum absolute atomic E-state index is 0.816. The minimum Gasteiger partial charge on any atom is -0.311 e. The summed E-state index contributed by atoms with van der Waals surface area (Å²) in [4.78, 5) is 7.95. The molecule has 0 radical (unpaired) electrons. The Labute approximate surface area is 340 Å². The predicted molar refractivity (Wildman–Crippen MR) is 241 cm³/mol. The fraction of sp³-hybridized carbons (Fsp3) is 0.0185. The van der Waals surface area contributed by atoms with Crippen molar-refractivity contribution in [1.82, 2.24) is 4.98 Å². The number of rotatable bonds is 8. The largest absolute Gasteiger partial charge is 0.311 e. The van der Waals surface area contributed by atoms with Crippen molar-refractivity contribution < 1.29 is 4.57 Å². The average Bonchev–Trinajstić information content (AvgIpc) is 3.31. The monoisotopic (exact) mass is 762 g/mol. The molecule has 1 aliphatic heterocycles. The summed E-state index contributed by atoms with van der Waals surface area (Å²) in [5.74, 6) is 0. The summed E-state index contributed by atoms with van der Waals surface area (Å²) in [7, 11) is -3.35. The SMILES string of the molecule is O=P1(c2ccccc2)c2ccccc2C(c2ccc(N(c3ccccc3)c3ccccc3)cc2)(c2cc(-c3ccccc3)cc(-c3ccccc3)n2)c2ccccc21. The molecule has 0 fully saturated rings. The Hall–Kier alpha value is -7.06. The molecule has 2 heterocycles. The summed E-state index contributed by atoms with van der Waals surface area (Å²) in [5, 5.41) is 2.47. The highest BCUT2D eigenvalue weighted by Crippen LogP contribution is 2.57. The van der Waals surface area contributed by atoms with Crippen LogP contribution in [-0.2, 0) is 9.98 Å². The molecule has 0 bridgehead atoms. The summed E-state index contributed by atoms with van der Waals surface area (Å²) in [6.45, 7) is 0. The highest BCUT2D eigenvalue weighted by molar-refractivity contribution is 7.85. The fourth-order valence-electron chi connectivity index (χ4n) is 8.80. The maximum Gasteiger partial charge on any atom is 0.171 e. The van der Waals surface area contributed by atoms with Gasteiger partial charge in [0.2, 0.25) is 0 Å². The van der Waals surface area contributed by atoms with Crippen molar-refractivity contribution in [3.63, 3.8) is 0 Å². The summed E-state index contributed by atoms with van der Waals surface area (Å²) in [5.41, 5.74) is 10.1. The zero-order chi connectivity index (χ0) is 38.9. The zero-order valence-electron chi connectivity index (χ0n) is 31.8. The van der Waals surface area contributed by atoms with Crippen LogP contribution in [0.15, 0.2) is 237 Å². The molecule has 9 aromatic rings. The van der Waals surface area contributed by atoms with Gasteiger partial charge in [-0.3, -0.25) is 4.98 Å². The van der Waals surface area contributed by atoms with Gasteiger partial charge in [0.05, 0.1) is 16.8 Å². The lowest BCUT2D eigenvalue weighted by molar-refractivity contribution is 0.590. The third-order valence-corrected chi connectivity index (χ3v) is 14.6.